The summed E-state index contributed by atoms with van der Waals surface area (Å²) in [6, 6.07) is 8.85. The van der Waals surface area contributed by atoms with E-state index in [0.29, 0.717) is 6.42 Å². The van der Waals surface area contributed by atoms with Crippen molar-refractivity contribution < 1.29 is 9.50 Å². The highest BCUT2D eigenvalue weighted by Gasteiger charge is 2.25. The minimum absolute atomic E-state index is 0.324. The Bertz CT molecular complexity index is 1730. The first-order valence-corrected chi connectivity index (χ1v) is 15.7. The van der Waals surface area contributed by atoms with Gasteiger partial charge in [-0.05, 0) is 79.3 Å². The lowest BCUT2D eigenvalue weighted by Gasteiger charge is -2.29. The van der Waals surface area contributed by atoms with Crippen LogP contribution in [0.5, 0.6) is 5.75 Å². The van der Waals surface area contributed by atoms with Crippen molar-refractivity contribution in [3.63, 3.8) is 0 Å². The van der Waals surface area contributed by atoms with Gasteiger partial charge in [-0.25, -0.2) is 18.7 Å². The number of aromatic hydroxyl groups is 1. The molecule has 5 heterocycles. The van der Waals surface area contributed by atoms with E-state index in [9.17, 15) is 9.50 Å². The van der Waals surface area contributed by atoms with E-state index < -0.39 is 5.82 Å². The molecule has 0 spiro atoms. The van der Waals surface area contributed by atoms with Crippen molar-refractivity contribution in [2.45, 2.75) is 32.7 Å². The summed E-state index contributed by atoms with van der Waals surface area (Å²) >= 11 is 1.69. The van der Waals surface area contributed by atoms with E-state index in [-0.39, 0.29) is 5.75 Å². The molecule has 2 aromatic carbocycles. The lowest BCUT2D eigenvalue weighted by atomic mass is 9.96. The Labute approximate surface area is 254 Å². The van der Waals surface area contributed by atoms with E-state index in [1.807, 2.05) is 31.3 Å². The van der Waals surface area contributed by atoms with E-state index in [1.54, 1.807) is 11.9 Å². The number of nitrogens with one attached hydrogen (secondary N) is 3. The Morgan fingerprint density at radius 3 is 2.88 bits per heavy atom. The number of aromatic nitrogens is 4. The molecule has 1 saturated heterocycles. The monoisotopic (exact) mass is 601 g/mol. The molecular formula is C31H36FN9OS. The highest BCUT2D eigenvalue weighted by atomic mass is 32.2. The Balaban J connectivity index is 1.07. The average Bonchev–Trinajstić information content (AvgIpc) is 3.56. The molecule has 0 unspecified atom stereocenters. The summed E-state index contributed by atoms with van der Waals surface area (Å²) in [7, 11) is 2.19. The first kappa shape index (κ1) is 27.9. The number of aryl methyl sites for hydroxylation is 1. The van der Waals surface area contributed by atoms with Gasteiger partial charge in [-0.1, -0.05) is 13.0 Å². The fourth-order valence-corrected chi connectivity index (χ4v) is 7.01. The molecule has 0 amide bonds. The van der Waals surface area contributed by atoms with Crippen molar-refractivity contribution in [3.8, 4) is 28.4 Å². The molecule has 10 nitrogen and oxygen atoms in total. The zero-order valence-corrected chi connectivity index (χ0v) is 25.3. The van der Waals surface area contributed by atoms with Gasteiger partial charge in [-0.2, -0.15) is 5.10 Å². The van der Waals surface area contributed by atoms with Crippen LogP contribution >= 0.6 is 11.9 Å². The smallest absolute Gasteiger partial charge is 0.165 e. The topological polar surface area (TPSA) is 112 Å². The Hall–Kier alpha value is -3.87. The summed E-state index contributed by atoms with van der Waals surface area (Å²) < 4.78 is 16.5. The molecule has 0 saturated carbocycles. The number of H-pyrrole nitrogens is 2. The molecular weight excluding hydrogens is 565 g/mol. The standard InChI is InChI=1S/C31H36FN9OS/c1-3-19-14-27(42)23(32)15-22(19)20-5-6-21-25(13-20)37-38-30(21)31-34-24-7-10-41(18-26(24)35-31)43-29-17-33-16-28(36-29)40-9-4-8-39(2)11-12-40/h5-6,13-15,17,33,42H,3-4,7-12,16,18H2,1-2H3,(H,34,35)(H,37,38). The molecule has 43 heavy (non-hydrogen) atoms. The highest BCUT2D eigenvalue weighted by Crippen LogP contribution is 2.35. The van der Waals surface area contributed by atoms with Crippen LogP contribution in [-0.4, -0.2) is 91.5 Å². The van der Waals surface area contributed by atoms with Crippen molar-refractivity contribution in [2.24, 2.45) is 4.99 Å². The van der Waals surface area contributed by atoms with Gasteiger partial charge in [0.05, 0.1) is 30.0 Å². The van der Waals surface area contributed by atoms with Gasteiger partial charge in [0.1, 0.15) is 16.6 Å². The largest absolute Gasteiger partial charge is 0.505 e. The van der Waals surface area contributed by atoms with Crippen LogP contribution in [0.4, 0.5) is 4.39 Å². The first-order chi connectivity index (χ1) is 20.9. The van der Waals surface area contributed by atoms with E-state index in [0.717, 1.165) is 120 Å². The van der Waals surface area contributed by atoms with Gasteiger partial charge in [-0.15, -0.1) is 0 Å². The van der Waals surface area contributed by atoms with Crippen molar-refractivity contribution in [2.75, 3.05) is 46.3 Å². The Morgan fingerprint density at radius 1 is 1.09 bits per heavy atom. The molecule has 0 aliphatic carbocycles. The number of halogens is 1. The van der Waals surface area contributed by atoms with E-state index >= 15 is 0 Å². The second-order valence-electron chi connectivity index (χ2n) is 11.4. The van der Waals surface area contributed by atoms with Crippen molar-refractivity contribution in [3.05, 3.63) is 64.3 Å². The molecule has 4 N–H and O–H groups in total. The van der Waals surface area contributed by atoms with E-state index in [2.05, 4.69) is 41.7 Å². The van der Waals surface area contributed by atoms with Gasteiger partial charge in [0, 0.05) is 44.2 Å². The number of nitrogens with zero attached hydrogens (tertiary/aromatic N) is 6. The van der Waals surface area contributed by atoms with Gasteiger partial charge >= 0.3 is 0 Å². The number of hydrogen-bond acceptors (Lipinski definition) is 9. The van der Waals surface area contributed by atoms with Crippen LogP contribution in [0.1, 0.15) is 30.3 Å². The predicted octanol–water partition coefficient (Wildman–Crippen LogP) is 4.47. The number of phenolic OH excluding ortho intramolecular Hbond substituents is 1. The summed E-state index contributed by atoms with van der Waals surface area (Å²) in [4.78, 5) is 18.3. The number of amidine groups is 1. The number of imidazole rings is 1. The summed E-state index contributed by atoms with van der Waals surface area (Å²) in [5.41, 5.74) is 6.29. The Morgan fingerprint density at radius 2 is 2.00 bits per heavy atom. The fourth-order valence-electron chi connectivity index (χ4n) is 6.09. The fraction of sp³-hybridized carbons (Fsp3) is 0.387. The zero-order chi connectivity index (χ0) is 29.5. The summed E-state index contributed by atoms with van der Waals surface area (Å²) in [6.45, 7) is 8.63. The number of aliphatic imine (C=N–C) groups is 1. The van der Waals surface area contributed by atoms with Crippen LogP contribution in [-0.2, 0) is 19.4 Å². The van der Waals surface area contributed by atoms with Gasteiger partial charge in [0.2, 0.25) is 0 Å². The molecule has 4 aromatic rings. The predicted molar refractivity (Wildman–Crippen MR) is 169 cm³/mol. The minimum Gasteiger partial charge on any atom is -0.505 e. The van der Waals surface area contributed by atoms with Crippen molar-refractivity contribution in [1.82, 2.24) is 39.6 Å². The molecule has 7 rings (SSSR count). The lowest BCUT2D eigenvalue weighted by Crippen LogP contribution is -2.41. The van der Waals surface area contributed by atoms with E-state index in [4.69, 9.17) is 9.98 Å². The van der Waals surface area contributed by atoms with Crippen LogP contribution < -0.4 is 5.32 Å². The van der Waals surface area contributed by atoms with Gasteiger partial charge in [0.15, 0.2) is 17.4 Å². The van der Waals surface area contributed by atoms with Crippen molar-refractivity contribution >= 4 is 28.7 Å². The number of rotatable bonds is 5. The zero-order valence-electron chi connectivity index (χ0n) is 24.5. The lowest BCUT2D eigenvalue weighted by molar-refractivity contribution is 0.345. The number of aromatic amines is 2. The normalized spacial score (nSPS) is 18.3. The second kappa shape index (κ2) is 11.7. The molecule has 1 fully saturated rings. The average molecular weight is 602 g/mol. The number of hydrogen-bond donors (Lipinski definition) is 4. The van der Waals surface area contributed by atoms with Gasteiger partial charge in [-0.3, -0.25) is 5.10 Å². The molecule has 12 heteroatoms. The maximum Gasteiger partial charge on any atom is 0.165 e. The molecule has 3 aliphatic rings. The van der Waals surface area contributed by atoms with Gasteiger partial charge < -0.3 is 25.2 Å². The van der Waals surface area contributed by atoms with E-state index in [1.165, 1.54) is 12.1 Å². The van der Waals surface area contributed by atoms with Crippen molar-refractivity contribution in [1.29, 1.82) is 0 Å². The number of likely N-dealkylation sites (N-methyl/N-ethyl adjacent to an activating group) is 1. The summed E-state index contributed by atoms with van der Waals surface area (Å²) in [5, 5.41) is 22.9. The molecule has 0 bridgehead atoms. The maximum atomic E-state index is 14.2. The SMILES string of the molecule is CCc1cc(O)c(F)cc1-c1ccc2c(-c3nc4c([nH]3)CN(SC3=CNCC(N5CCCN(C)CC5)=N3)CC4)n[nH]c2c1. The Kier molecular flexibility index (Phi) is 7.58. The summed E-state index contributed by atoms with van der Waals surface area (Å²) in [5.74, 6) is 0.914. The number of fused-ring (bicyclic) bond motifs is 2. The maximum absolute atomic E-state index is 14.2. The molecule has 224 valence electrons. The number of phenols is 1. The third kappa shape index (κ3) is 5.62. The summed E-state index contributed by atoms with van der Waals surface area (Å²) in [6.07, 6.45) is 4.70. The van der Waals surface area contributed by atoms with Crippen LogP contribution in [0, 0.1) is 5.82 Å². The van der Waals surface area contributed by atoms with Crippen LogP contribution in [0.25, 0.3) is 33.5 Å². The molecule has 0 radical (unpaired) electrons. The quantitative estimate of drug-likeness (QED) is 0.248. The number of benzene rings is 2. The first-order valence-electron chi connectivity index (χ1n) is 14.9. The third-order valence-electron chi connectivity index (χ3n) is 8.48. The molecule has 0 atom stereocenters. The van der Waals surface area contributed by atoms with Crippen LogP contribution in [0.2, 0.25) is 0 Å². The minimum atomic E-state index is -0.625. The van der Waals surface area contributed by atoms with Crippen LogP contribution in [0.15, 0.2) is 46.6 Å². The molecule has 2 aromatic heterocycles. The highest BCUT2D eigenvalue weighted by molar-refractivity contribution is 8.00. The van der Waals surface area contributed by atoms with Gasteiger partial charge in [0.25, 0.3) is 0 Å². The van der Waals surface area contributed by atoms with Crippen LogP contribution in [0.3, 0.4) is 0 Å². The molecule has 3 aliphatic heterocycles. The third-order valence-corrected chi connectivity index (χ3v) is 9.45. The second-order valence-corrected chi connectivity index (χ2v) is 12.5.